The minimum atomic E-state index is -0.202. The minimum Gasteiger partial charge on any atom is -0.321 e. The first-order chi connectivity index (χ1) is 7.20. The van der Waals surface area contributed by atoms with Crippen LogP contribution in [0.5, 0.6) is 0 Å². The summed E-state index contributed by atoms with van der Waals surface area (Å²) in [6.45, 7) is 4.28. The number of hydrogen-bond acceptors (Lipinski definition) is 2. The SMILES string of the molecule is CCCC(N)C(=O)C1CCCCC1CC. The van der Waals surface area contributed by atoms with Gasteiger partial charge in [-0.05, 0) is 25.2 Å². The van der Waals surface area contributed by atoms with Crippen LogP contribution < -0.4 is 5.73 Å². The van der Waals surface area contributed by atoms with Gasteiger partial charge in [0.15, 0.2) is 5.78 Å². The highest BCUT2D eigenvalue weighted by Gasteiger charge is 2.31. The van der Waals surface area contributed by atoms with E-state index in [0.717, 1.165) is 25.7 Å². The summed E-state index contributed by atoms with van der Waals surface area (Å²) in [5.41, 5.74) is 5.93. The van der Waals surface area contributed by atoms with Gasteiger partial charge in [-0.1, -0.05) is 39.5 Å². The van der Waals surface area contributed by atoms with Gasteiger partial charge in [-0.3, -0.25) is 4.79 Å². The lowest BCUT2D eigenvalue weighted by atomic mass is 9.74. The van der Waals surface area contributed by atoms with Crippen molar-refractivity contribution in [2.24, 2.45) is 17.6 Å². The quantitative estimate of drug-likeness (QED) is 0.760. The van der Waals surface area contributed by atoms with Gasteiger partial charge in [0.05, 0.1) is 6.04 Å². The number of nitrogens with two attached hydrogens (primary N) is 1. The molecule has 15 heavy (non-hydrogen) atoms. The average molecular weight is 211 g/mol. The Morgan fingerprint density at radius 3 is 2.60 bits per heavy atom. The topological polar surface area (TPSA) is 43.1 Å². The van der Waals surface area contributed by atoms with E-state index in [1.54, 1.807) is 0 Å². The third-order valence-electron chi connectivity index (χ3n) is 3.76. The van der Waals surface area contributed by atoms with Crippen LogP contribution in [0, 0.1) is 11.8 Å². The standard InChI is InChI=1S/C13H25NO/c1-3-7-12(14)13(15)11-9-6-5-8-10(11)4-2/h10-12H,3-9,14H2,1-2H3. The van der Waals surface area contributed by atoms with Crippen molar-refractivity contribution in [1.29, 1.82) is 0 Å². The van der Waals surface area contributed by atoms with E-state index in [9.17, 15) is 4.79 Å². The number of Topliss-reactive ketones (excluding diaryl/α,β-unsaturated/α-hetero) is 1. The summed E-state index contributed by atoms with van der Waals surface area (Å²) in [4.78, 5) is 12.1. The van der Waals surface area contributed by atoms with Crippen molar-refractivity contribution in [1.82, 2.24) is 0 Å². The van der Waals surface area contributed by atoms with E-state index in [0.29, 0.717) is 11.7 Å². The fourth-order valence-corrected chi connectivity index (χ4v) is 2.80. The number of ketones is 1. The maximum atomic E-state index is 12.1. The summed E-state index contributed by atoms with van der Waals surface area (Å²) in [7, 11) is 0. The maximum absolute atomic E-state index is 12.1. The molecule has 1 aliphatic carbocycles. The molecule has 1 aliphatic rings. The summed E-state index contributed by atoms with van der Waals surface area (Å²) in [6, 6.07) is -0.202. The van der Waals surface area contributed by atoms with Crippen LogP contribution in [0.25, 0.3) is 0 Å². The fourth-order valence-electron chi connectivity index (χ4n) is 2.80. The molecule has 0 aliphatic heterocycles. The molecule has 0 amide bonds. The molecule has 0 aromatic rings. The summed E-state index contributed by atoms with van der Waals surface area (Å²) in [5, 5.41) is 0. The van der Waals surface area contributed by atoms with E-state index in [2.05, 4.69) is 13.8 Å². The van der Waals surface area contributed by atoms with Crippen LogP contribution in [0.15, 0.2) is 0 Å². The molecule has 0 heterocycles. The Labute approximate surface area is 93.6 Å². The van der Waals surface area contributed by atoms with Crippen molar-refractivity contribution in [3.63, 3.8) is 0 Å². The summed E-state index contributed by atoms with van der Waals surface area (Å²) < 4.78 is 0. The van der Waals surface area contributed by atoms with E-state index in [4.69, 9.17) is 5.73 Å². The third kappa shape index (κ3) is 3.30. The Bertz CT molecular complexity index is 203. The molecule has 0 aromatic heterocycles. The van der Waals surface area contributed by atoms with Crippen LogP contribution in [0.1, 0.15) is 58.8 Å². The normalized spacial score (nSPS) is 28.7. The molecular weight excluding hydrogens is 186 g/mol. The smallest absolute Gasteiger partial charge is 0.152 e. The monoisotopic (exact) mass is 211 g/mol. The molecule has 0 radical (unpaired) electrons. The largest absolute Gasteiger partial charge is 0.321 e. The second kappa shape index (κ2) is 6.26. The number of rotatable bonds is 5. The maximum Gasteiger partial charge on any atom is 0.152 e. The van der Waals surface area contributed by atoms with Crippen LogP contribution in [-0.2, 0) is 4.79 Å². The van der Waals surface area contributed by atoms with Gasteiger partial charge in [0.2, 0.25) is 0 Å². The highest BCUT2D eigenvalue weighted by Crippen LogP contribution is 2.33. The van der Waals surface area contributed by atoms with E-state index < -0.39 is 0 Å². The van der Waals surface area contributed by atoms with Gasteiger partial charge in [0, 0.05) is 5.92 Å². The molecule has 1 saturated carbocycles. The molecule has 0 saturated heterocycles. The van der Waals surface area contributed by atoms with Crippen LogP contribution in [0.3, 0.4) is 0 Å². The Balaban J connectivity index is 2.55. The molecule has 0 bridgehead atoms. The first-order valence-electron chi connectivity index (χ1n) is 6.50. The van der Waals surface area contributed by atoms with Crippen molar-refractivity contribution in [2.45, 2.75) is 64.8 Å². The van der Waals surface area contributed by atoms with Gasteiger partial charge < -0.3 is 5.73 Å². The van der Waals surface area contributed by atoms with Crippen LogP contribution in [0.4, 0.5) is 0 Å². The van der Waals surface area contributed by atoms with Crippen LogP contribution >= 0.6 is 0 Å². The molecule has 88 valence electrons. The molecule has 1 fully saturated rings. The summed E-state index contributed by atoms with van der Waals surface area (Å²) in [5.74, 6) is 1.21. The molecule has 2 heteroatoms. The van der Waals surface area contributed by atoms with Crippen LogP contribution in [-0.4, -0.2) is 11.8 Å². The van der Waals surface area contributed by atoms with Crippen LogP contribution in [0.2, 0.25) is 0 Å². The molecule has 0 spiro atoms. The second-order valence-electron chi connectivity index (χ2n) is 4.86. The van der Waals surface area contributed by atoms with Gasteiger partial charge in [0.25, 0.3) is 0 Å². The van der Waals surface area contributed by atoms with Gasteiger partial charge >= 0.3 is 0 Å². The Morgan fingerprint density at radius 1 is 1.33 bits per heavy atom. The van der Waals surface area contributed by atoms with Crippen molar-refractivity contribution in [3.05, 3.63) is 0 Å². The molecule has 1 rings (SSSR count). The molecule has 2 N–H and O–H groups in total. The zero-order valence-electron chi connectivity index (χ0n) is 10.2. The van der Waals surface area contributed by atoms with Gasteiger partial charge in [-0.25, -0.2) is 0 Å². The molecular formula is C13H25NO. The molecule has 3 unspecified atom stereocenters. The first-order valence-corrected chi connectivity index (χ1v) is 6.50. The number of carbonyl (C=O) groups excluding carboxylic acids is 1. The summed E-state index contributed by atoms with van der Waals surface area (Å²) >= 11 is 0. The third-order valence-corrected chi connectivity index (χ3v) is 3.76. The van der Waals surface area contributed by atoms with E-state index in [1.807, 2.05) is 0 Å². The van der Waals surface area contributed by atoms with Crippen molar-refractivity contribution in [2.75, 3.05) is 0 Å². The number of hydrogen-bond donors (Lipinski definition) is 1. The lowest BCUT2D eigenvalue weighted by Crippen LogP contribution is -2.39. The van der Waals surface area contributed by atoms with E-state index in [1.165, 1.54) is 19.3 Å². The lowest BCUT2D eigenvalue weighted by Gasteiger charge is -2.31. The van der Waals surface area contributed by atoms with Crippen molar-refractivity contribution in [3.8, 4) is 0 Å². The lowest BCUT2D eigenvalue weighted by molar-refractivity contribution is -0.127. The van der Waals surface area contributed by atoms with E-state index in [-0.39, 0.29) is 12.0 Å². The summed E-state index contributed by atoms with van der Waals surface area (Å²) in [6.07, 6.45) is 7.81. The zero-order valence-corrected chi connectivity index (χ0v) is 10.2. The van der Waals surface area contributed by atoms with Crippen molar-refractivity contribution < 1.29 is 4.79 Å². The molecule has 0 aromatic carbocycles. The van der Waals surface area contributed by atoms with Crippen molar-refractivity contribution >= 4 is 5.78 Å². The Kier molecular flexibility index (Phi) is 5.30. The molecule has 3 atom stereocenters. The first kappa shape index (κ1) is 12.7. The minimum absolute atomic E-state index is 0.202. The average Bonchev–Trinajstić information content (AvgIpc) is 2.28. The van der Waals surface area contributed by atoms with Gasteiger partial charge in [-0.2, -0.15) is 0 Å². The zero-order chi connectivity index (χ0) is 11.3. The predicted molar refractivity (Wildman–Crippen MR) is 63.6 cm³/mol. The highest BCUT2D eigenvalue weighted by molar-refractivity contribution is 5.86. The fraction of sp³-hybridized carbons (Fsp3) is 0.923. The predicted octanol–water partition coefficient (Wildman–Crippen LogP) is 2.90. The highest BCUT2D eigenvalue weighted by atomic mass is 16.1. The Morgan fingerprint density at radius 2 is 2.00 bits per heavy atom. The van der Waals surface area contributed by atoms with Gasteiger partial charge in [0.1, 0.15) is 0 Å². The number of carbonyl (C=O) groups is 1. The Hall–Kier alpha value is -0.370. The van der Waals surface area contributed by atoms with E-state index >= 15 is 0 Å². The molecule has 2 nitrogen and oxygen atoms in total. The second-order valence-corrected chi connectivity index (χ2v) is 4.86. The van der Waals surface area contributed by atoms with Gasteiger partial charge in [-0.15, -0.1) is 0 Å².